The summed E-state index contributed by atoms with van der Waals surface area (Å²) in [6.45, 7) is 6.36. The maximum atomic E-state index is 3.45. The standard InChI is InChI=1S/C15H17N/c1-11-8-12(2)10-14(9-11)16-15-7-5-4-6-13(15)3/h4-10,16H,1-3H3. The molecule has 0 aliphatic carbocycles. The van der Waals surface area contributed by atoms with E-state index in [1.807, 2.05) is 0 Å². The second-order valence-electron chi connectivity index (χ2n) is 4.32. The van der Waals surface area contributed by atoms with Gasteiger partial charge in [-0.05, 0) is 55.7 Å². The predicted molar refractivity (Wildman–Crippen MR) is 70.4 cm³/mol. The number of rotatable bonds is 2. The summed E-state index contributed by atoms with van der Waals surface area (Å²) in [5.74, 6) is 0. The lowest BCUT2D eigenvalue weighted by Crippen LogP contribution is -1.93. The van der Waals surface area contributed by atoms with Crippen LogP contribution in [0.2, 0.25) is 0 Å². The molecule has 2 aromatic rings. The number of hydrogen-bond acceptors (Lipinski definition) is 1. The van der Waals surface area contributed by atoms with Crippen LogP contribution >= 0.6 is 0 Å². The summed E-state index contributed by atoms with van der Waals surface area (Å²) in [4.78, 5) is 0. The zero-order valence-electron chi connectivity index (χ0n) is 10.0. The largest absolute Gasteiger partial charge is 0.355 e. The first-order chi connectivity index (χ1) is 7.65. The molecule has 0 aliphatic rings. The second kappa shape index (κ2) is 4.40. The third-order valence-electron chi connectivity index (χ3n) is 2.65. The van der Waals surface area contributed by atoms with Gasteiger partial charge in [-0.2, -0.15) is 0 Å². The smallest absolute Gasteiger partial charge is 0.0413 e. The van der Waals surface area contributed by atoms with Crippen LogP contribution in [0.5, 0.6) is 0 Å². The fourth-order valence-corrected chi connectivity index (χ4v) is 1.92. The van der Waals surface area contributed by atoms with E-state index in [2.05, 4.69) is 68.6 Å². The highest BCUT2D eigenvalue weighted by Gasteiger charge is 1.99. The molecule has 16 heavy (non-hydrogen) atoms. The van der Waals surface area contributed by atoms with E-state index in [0.29, 0.717) is 0 Å². The average Bonchev–Trinajstić information content (AvgIpc) is 2.20. The molecule has 0 spiro atoms. The van der Waals surface area contributed by atoms with E-state index in [9.17, 15) is 0 Å². The number of aryl methyl sites for hydroxylation is 3. The molecule has 2 aromatic carbocycles. The number of anilines is 2. The zero-order chi connectivity index (χ0) is 11.5. The lowest BCUT2D eigenvalue weighted by molar-refractivity contribution is 1.36. The van der Waals surface area contributed by atoms with E-state index in [0.717, 1.165) is 5.69 Å². The van der Waals surface area contributed by atoms with E-state index in [1.165, 1.54) is 22.4 Å². The van der Waals surface area contributed by atoms with Crippen LogP contribution in [0.1, 0.15) is 16.7 Å². The van der Waals surface area contributed by atoms with Gasteiger partial charge < -0.3 is 5.32 Å². The van der Waals surface area contributed by atoms with Crippen molar-refractivity contribution >= 4 is 11.4 Å². The Morgan fingerprint density at radius 3 is 2.06 bits per heavy atom. The Hall–Kier alpha value is -1.76. The highest BCUT2D eigenvalue weighted by Crippen LogP contribution is 2.21. The number of para-hydroxylation sites is 1. The molecule has 0 saturated carbocycles. The maximum Gasteiger partial charge on any atom is 0.0413 e. The topological polar surface area (TPSA) is 12.0 Å². The first-order valence-corrected chi connectivity index (χ1v) is 5.56. The van der Waals surface area contributed by atoms with Crippen molar-refractivity contribution in [1.82, 2.24) is 0 Å². The minimum atomic E-state index is 1.16. The molecule has 0 aromatic heterocycles. The third kappa shape index (κ3) is 2.43. The SMILES string of the molecule is Cc1cc(C)cc(Nc2ccccc2C)c1. The third-order valence-corrected chi connectivity index (χ3v) is 2.65. The lowest BCUT2D eigenvalue weighted by atomic mass is 10.1. The van der Waals surface area contributed by atoms with Crippen LogP contribution in [0.15, 0.2) is 42.5 Å². The molecular formula is C15H17N. The van der Waals surface area contributed by atoms with E-state index in [4.69, 9.17) is 0 Å². The molecule has 2 rings (SSSR count). The van der Waals surface area contributed by atoms with Crippen LogP contribution in [0.3, 0.4) is 0 Å². The van der Waals surface area contributed by atoms with Gasteiger partial charge in [0.05, 0.1) is 0 Å². The normalized spacial score (nSPS) is 10.2. The van der Waals surface area contributed by atoms with E-state index < -0.39 is 0 Å². The molecule has 82 valence electrons. The van der Waals surface area contributed by atoms with Crippen molar-refractivity contribution in [3.05, 3.63) is 59.2 Å². The van der Waals surface area contributed by atoms with E-state index >= 15 is 0 Å². The Labute approximate surface area is 97.1 Å². The zero-order valence-corrected chi connectivity index (χ0v) is 10.0. The Balaban J connectivity index is 2.30. The Morgan fingerprint density at radius 1 is 0.812 bits per heavy atom. The molecular weight excluding hydrogens is 194 g/mol. The molecule has 0 bridgehead atoms. The predicted octanol–water partition coefficient (Wildman–Crippen LogP) is 4.36. The molecule has 0 unspecified atom stereocenters. The van der Waals surface area contributed by atoms with Crippen LogP contribution in [-0.2, 0) is 0 Å². The molecule has 0 heterocycles. The summed E-state index contributed by atoms with van der Waals surface area (Å²) in [6, 6.07) is 14.8. The van der Waals surface area contributed by atoms with Gasteiger partial charge in [-0.25, -0.2) is 0 Å². The highest BCUT2D eigenvalue weighted by atomic mass is 14.9. The van der Waals surface area contributed by atoms with Crippen molar-refractivity contribution < 1.29 is 0 Å². The fraction of sp³-hybridized carbons (Fsp3) is 0.200. The number of nitrogens with one attached hydrogen (secondary N) is 1. The van der Waals surface area contributed by atoms with Crippen LogP contribution in [0.4, 0.5) is 11.4 Å². The van der Waals surface area contributed by atoms with E-state index in [1.54, 1.807) is 0 Å². The maximum absolute atomic E-state index is 3.45. The van der Waals surface area contributed by atoms with Crippen LogP contribution in [0, 0.1) is 20.8 Å². The summed E-state index contributed by atoms with van der Waals surface area (Å²) < 4.78 is 0. The van der Waals surface area contributed by atoms with Crippen LogP contribution < -0.4 is 5.32 Å². The average molecular weight is 211 g/mol. The minimum absolute atomic E-state index is 1.16. The van der Waals surface area contributed by atoms with Gasteiger partial charge in [0.15, 0.2) is 0 Å². The van der Waals surface area contributed by atoms with Crippen LogP contribution in [0.25, 0.3) is 0 Å². The first-order valence-electron chi connectivity index (χ1n) is 5.56. The van der Waals surface area contributed by atoms with Gasteiger partial charge in [0.1, 0.15) is 0 Å². The van der Waals surface area contributed by atoms with Crippen LogP contribution in [-0.4, -0.2) is 0 Å². The van der Waals surface area contributed by atoms with Gasteiger partial charge in [-0.3, -0.25) is 0 Å². The minimum Gasteiger partial charge on any atom is -0.355 e. The molecule has 0 atom stereocenters. The lowest BCUT2D eigenvalue weighted by Gasteiger charge is -2.10. The van der Waals surface area contributed by atoms with Gasteiger partial charge in [0, 0.05) is 11.4 Å². The highest BCUT2D eigenvalue weighted by molar-refractivity contribution is 5.64. The molecule has 0 radical (unpaired) electrons. The summed E-state index contributed by atoms with van der Waals surface area (Å²) in [6.07, 6.45) is 0. The summed E-state index contributed by atoms with van der Waals surface area (Å²) in [5, 5.41) is 3.45. The van der Waals surface area contributed by atoms with Gasteiger partial charge in [-0.15, -0.1) is 0 Å². The molecule has 0 saturated heterocycles. The summed E-state index contributed by atoms with van der Waals surface area (Å²) in [7, 11) is 0. The van der Waals surface area contributed by atoms with E-state index in [-0.39, 0.29) is 0 Å². The molecule has 1 N–H and O–H groups in total. The summed E-state index contributed by atoms with van der Waals surface area (Å²) >= 11 is 0. The molecule has 0 amide bonds. The quantitative estimate of drug-likeness (QED) is 0.778. The molecule has 0 aliphatic heterocycles. The van der Waals surface area contributed by atoms with Gasteiger partial charge in [0.25, 0.3) is 0 Å². The van der Waals surface area contributed by atoms with Crippen molar-refractivity contribution in [2.24, 2.45) is 0 Å². The Kier molecular flexibility index (Phi) is 2.95. The van der Waals surface area contributed by atoms with Gasteiger partial charge in [0.2, 0.25) is 0 Å². The van der Waals surface area contributed by atoms with Gasteiger partial charge >= 0.3 is 0 Å². The Bertz CT molecular complexity index is 480. The summed E-state index contributed by atoms with van der Waals surface area (Å²) in [5.41, 5.74) is 6.17. The van der Waals surface area contributed by atoms with Crippen molar-refractivity contribution in [1.29, 1.82) is 0 Å². The molecule has 1 nitrogen and oxygen atoms in total. The van der Waals surface area contributed by atoms with Gasteiger partial charge in [-0.1, -0.05) is 24.3 Å². The first kappa shape index (κ1) is 10.7. The van der Waals surface area contributed by atoms with Crippen molar-refractivity contribution in [2.75, 3.05) is 5.32 Å². The van der Waals surface area contributed by atoms with Crippen molar-refractivity contribution in [3.63, 3.8) is 0 Å². The Morgan fingerprint density at radius 2 is 1.44 bits per heavy atom. The second-order valence-corrected chi connectivity index (χ2v) is 4.32. The number of hydrogen-bond donors (Lipinski definition) is 1. The van der Waals surface area contributed by atoms with Crippen molar-refractivity contribution in [3.8, 4) is 0 Å². The monoisotopic (exact) mass is 211 g/mol. The fourth-order valence-electron chi connectivity index (χ4n) is 1.92. The molecule has 0 fully saturated rings. The van der Waals surface area contributed by atoms with Crippen molar-refractivity contribution in [2.45, 2.75) is 20.8 Å². The molecule has 1 heteroatoms. The number of benzene rings is 2.